The summed E-state index contributed by atoms with van der Waals surface area (Å²) in [6, 6.07) is 8.81. The van der Waals surface area contributed by atoms with Gasteiger partial charge in [-0.2, -0.15) is 0 Å². The van der Waals surface area contributed by atoms with E-state index in [1.807, 2.05) is 6.07 Å². The fourth-order valence-corrected chi connectivity index (χ4v) is 6.34. The first-order chi connectivity index (χ1) is 12.6. The second-order valence-corrected chi connectivity index (χ2v) is 10.2. The van der Waals surface area contributed by atoms with Crippen molar-refractivity contribution in [2.45, 2.75) is 51.9 Å². The molecular formula is C25H24Cl2. The molecule has 0 aromatic heterocycles. The molecule has 3 aliphatic carbocycles. The predicted molar refractivity (Wildman–Crippen MR) is 117 cm³/mol. The van der Waals surface area contributed by atoms with Gasteiger partial charge in [0.2, 0.25) is 0 Å². The van der Waals surface area contributed by atoms with Crippen LogP contribution in [-0.2, 0) is 10.8 Å². The molecule has 0 spiro atoms. The van der Waals surface area contributed by atoms with Gasteiger partial charge in [0.05, 0.1) is 5.02 Å². The highest BCUT2D eigenvalue weighted by Crippen LogP contribution is 2.58. The first-order valence-electron chi connectivity index (χ1n) is 9.74. The van der Waals surface area contributed by atoms with E-state index in [-0.39, 0.29) is 10.8 Å². The van der Waals surface area contributed by atoms with Crippen LogP contribution >= 0.6 is 23.2 Å². The highest BCUT2D eigenvalue weighted by Gasteiger charge is 2.44. The van der Waals surface area contributed by atoms with E-state index in [0.29, 0.717) is 10.9 Å². The number of fused-ring (bicyclic) bond motifs is 5. The molecule has 0 amide bonds. The van der Waals surface area contributed by atoms with Crippen molar-refractivity contribution in [1.29, 1.82) is 0 Å². The SMILES string of the molecule is CC1CC=CC2=C1C(C)(C)c1cc3c(cc12)C(C)(C)c1cc(Cl)cc(Cl)c1-3. The Morgan fingerprint density at radius 3 is 2.26 bits per heavy atom. The van der Waals surface area contributed by atoms with Crippen LogP contribution in [0.5, 0.6) is 0 Å². The molecule has 2 aromatic rings. The summed E-state index contributed by atoms with van der Waals surface area (Å²) < 4.78 is 0. The summed E-state index contributed by atoms with van der Waals surface area (Å²) in [6.07, 6.45) is 5.81. The van der Waals surface area contributed by atoms with Gasteiger partial charge in [0, 0.05) is 21.4 Å². The van der Waals surface area contributed by atoms with Crippen molar-refractivity contribution >= 4 is 28.8 Å². The van der Waals surface area contributed by atoms with E-state index in [1.54, 1.807) is 5.57 Å². The smallest absolute Gasteiger partial charge is 0.0502 e. The third kappa shape index (κ3) is 2.12. The van der Waals surface area contributed by atoms with Crippen molar-refractivity contribution in [1.82, 2.24) is 0 Å². The standard InChI is InChI=1S/C25H24Cl2/c1-13-7-6-8-15-16-11-19-17(12-18(16)25(4,5)23(13)15)22-20(24(19,2)3)9-14(26)10-21(22)27/h6,8-13H,7H2,1-5H3. The molecule has 0 bridgehead atoms. The molecule has 0 heterocycles. The zero-order valence-corrected chi connectivity index (χ0v) is 18.0. The Labute approximate surface area is 171 Å². The Bertz CT molecular complexity index is 1080. The lowest BCUT2D eigenvalue weighted by molar-refractivity contribution is 0.530. The van der Waals surface area contributed by atoms with Crippen LogP contribution in [0.4, 0.5) is 0 Å². The maximum Gasteiger partial charge on any atom is 0.0502 e. The van der Waals surface area contributed by atoms with E-state index in [1.165, 1.54) is 33.4 Å². The molecule has 27 heavy (non-hydrogen) atoms. The fourth-order valence-electron chi connectivity index (χ4n) is 5.74. The molecular weight excluding hydrogens is 371 g/mol. The first-order valence-corrected chi connectivity index (χ1v) is 10.5. The van der Waals surface area contributed by atoms with E-state index >= 15 is 0 Å². The van der Waals surface area contributed by atoms with E-state index in [0.717, 1.165) is 17.0 Å². The third-order valence-electron chi connectivity index (χ3n) is 7.02. The minimum Gasteiger partial charge on any atom is -0.0843 e. The lowest BCUT2D eigenvalue weighted by atomic mass is 9.73. The average molecular weight is 395 g/mol. The van der Waals surface area contributed by atoms with Crippen molar-refractivity contribution in [3.05, 3.63) is 74.3 Å². The van der Waals surface area contributed by atoms with Gasteiger partial charge < -0.3 is 0 Å². The van der Waals surface area contributed by atoms with E-state index < -0.39 is 0 Å². The molecule has 0 saturated heterocycles. The number of hydrogen-bond donors (Lipinski definition) is 0. The Morgan fingerprint density at radius 1 is 0.852 bits per heavy atom. The number of allylic oxidation sites excluding steroid dienone is 4. The Kier molecular flexibility index (Phi) is 3.46. The lowest BCUT2D eigenvalue weighted by Gasteiger charge is -2.30. The van der Waals surface area contributed by atoms with Crippen molar-refractivity contribution in [2.75, 3.05) is 0 Å². The minimum atomic E-state index is -0.105. The van der Waals surface area contributed by atoms with E-state index in [2.05, 4.69) is 65.0 Å². The number of halogens is 2. The number of hydrogen-bond acceptors (Lipinski definition) is 0. The number of benzene rings is 2. The van der Waals surface area contributed by atoms with Crippen LogP contribution in [0.15, 0.2) is 42.0 Å². The maximum absolute atomic E-state index is 6.69. The van der Waals surface area contributed by atoms with Crippen molar-refractivity contribution in [3.8, 4) is 11.1 Å². The molecule has 0 saturated carbocycles. The molecule has 2 heteroatoms. The van der Waals surface area contributed by atoms with Gasteiger partial charge >= 0.3 is 0 Å². The Morgan fingerprint density at radius 2 is 1.52 bits per heavy atom. The van der Waals surface area contributed by atoms with Gasteiger partial charge in [0.15, 0.2) is 0 Å². The molecule has 5 rings (SSSR count). The summed E-state index contributed by atoms with van der Waals surface area (Å²) in [7, 11) is 0. The van der Waals surface area contributed by atoms with Gasteiger partial charge in [0.25, 0.3) is 0 Å². The second-order valence-electron chi connectivity index (χ2n) is 9.37. The monoisotopic (exact) mass is 394 g/mol. The van der Waals surface area contributed by atoms with Crippen LogP contribution in [0.2, 0.25) is 10.0 Å². The summed E-state index contributed by atoms with van der Waals surface area (Å²) >= 11 is 13.0. The molecule has 0 nitrogen and oxygen atoms in total. The zero-order chi connectivity index (χ0) is 19.3. The van der Waals surface area contributed by atoms with Gasteiger partial charge in [-0.3, -0.25) is 0 Å². The molecule has 1 unspecified atom stereocenters. The van der Waals surface area contributed by atoms with E-state index in [9.17, 15) is 0 Å². The molecule has 138 valence electrons. The number of rotatable bonds is 0. The molecule has 1 atom stereocenters. The van der Waals surface area contributed by atoms with Crippen molar-refractivity contribution < 1.29 is 0 Å². The van der Waals surface area contributed by atoms with Crippen molar-refractivity contribution in [3.63, 3.8) is 0 Å². The minimum absolute atomic E-state index is 0.0513. The van der Waals surface area contributed by atoms with Crippen LogP contribution < -0.4 is 0 Å². The summed E-state index contributed by atoms with van der Waals surface area (Å²) in [6.45, 7) is 11.7. The molecule has 0 N–H and O–H groups in total. The molecule has 3 aliphatic rings. The molecule has 2 aromatic carbocycles. The summed E-state index contributed by atoms with van der Waals surface area (Å²) in [5, 5.41) is 1.47. The Hall–Kier alpha value is -1.50. The van der Waals surface area contributed by atoms with Crippen molar-refractivity contribution in [2.24, 2.45) is 5.92 Å². The third-order valence-corrected chi connectivity index (χ3v) is 7.54. The first kappa shape index (κ1) is 17.6. The normalized spacial score (nSPS) is 23.1. The van der Waals surface area contributed by atoms with Crippen LogP contribution in [0.3, 0.4) is 0 Å². The van der Waals surface area contributed by atoms with Crippen LogP contribution in [-0.4, -0.2) is 0 Å². The molecule has 0 radical (unpaired) electrons. The van der Waals surface area contributed by atoms with Gasteiger partial charge in [-0.15, -0.1) is 0 Å². The van der Waals surface area contributed by atoms with Gasteiger partial charge in [0.1, 0.15) is 0 Å². The predicted octanol–water partition coefficient (Wildman–Crippen LogP) is 7.94. The Balaban J connectivity index is 1.84. The van der Waals surface area contributed by atoms with Gasteiger partial charge in [-0.1, -0.05) is 70.0 Å². The summed E-state index contributed by atoms with van der Waals surface area (Å²) in [4.78, 5) is 0. The van der Waals surface area contributed by atoms with Crippen LogP contribution in [0.1, 0.15) is 63.3 Å². The lowest BCUT2D eigenvalue weighted by Crippen LogP contribution is -2.22. The molecule has 0 aliphatic heterocycles. The topological polar surface area (TPSA) is 0 Å². The molecule has 0 fully saturated rings. The van der Waals surface area contributed by atoms with Gasteiger partial charge in [-0.05, 0) is 75.6 Å². The summed E-state index contributed by atoms with van der Waals surface area (Å²) in [5.74, 6) is 0.588. The largest absolute Gasteiger partial charge is 0.0843 e. The zero-order valence-electron chi connectivity index (χ0n) is 16.5. The average Bonchev–Trinajstić information content (AvgIpc) is 2.94. The quantitative estimate of drug-likeness (QED) is 0.425. The highest BCUT2D eigenvalue weighted by molar-refractivity contribution is 6.37. The second kappa shape index (κ2) is 5.31. The van der Waals surface area contributed by atoms with E-state index in [4.69, 9.17) is 23.2 Å². The summed E-state index contributed by atoms with van der Waals surface area (Å²) in [5.41, 5.74) is 10.8. The fraction of sp³-hybridized carbons (Fsp3) is 0.360. The highest BCUT2D eigenvalue weighted by atomic mass is 35.5. The van der Waals surface area contributed by atoms with Crippen LogP contribution in [0.25, 0.3) is 16.7 Å². The van der Waals surface area contributed by atoms with Crippen LogP contribution in [0, 0.1) is 5.92 Å². The maximum atomic E-state index is 6.69. The van der Waals surface area contributed by atoms with Gasteiger partial charge in [-0.25, -0.2) is 0 Å².